The minimum atomic E-state index is -0.205. The Morgan fingerprint density at radius 2 is 2.13 bits per heavy atom. The Kier molecular flexibility index (Phi) is 4.61. The Bertz CT molecular complexity index is 1250. The average Bonchev–Trinajstić information content (AvgIpc) is 3.39. The van der Waals surface area contributed by atoms with E-state index in [0.29, 0.717) is 53.6 Å². The molecule has 31 heavy (non-hydrogen) atoms. The first-order valence-corrected chi connectivity index (χ1v) is 10.0. The number of nitrogens with zero attached hydrogens (tertiary/aromatic N) is 6. The van der Waals surface area contributed by atoms with Gasteiger partial charge < -0.3 is 9.84 Å². The van der Waals surface area contributed by atoms with Gasteiger partial charge in [0, 0.05) is 36.8 Å². The Morgan fingerprint density at radius 3 is 3.00 bits per heavy atom. The number of ketones is 1. The van der Waals surface area contributed by atoms with Crippen molar-refractivity contribution in [3.05, 3.63) is 52.8 Å². The van der Waals surface area contributed by atoms with Gasteiger partial charge in [0.15, 0.2) is 5.78 Å². The van der Waals surface area contributed by atoms with E-state index in [4.69, 9.17) is 4.52 Å². The molecular formula is C21H19N7O3. The van der Waals surface area contributed by atoms with Crippen molar-refractivity contribution in [2.45, 2.75) is 45.4 Å². The summed E-state index contributed by atoms with van der Waals surface area (Å²) in [7, 11) is 0. The maximum atomic E-state index is 12.9. The van der Waals surface area contributed by atoms with E-state index in [1.54, 1.807) is 6.20 Å². The summed E-state index contributed by atoms with van der Waals surface area (Å²) in [6.45, 7) is 3.74. The van der Waals surface area contributed by atoms with Gasteiger partial charge in [-0.05, 0) is 13.3 Å². The van der Waals surface area contributed by atoms with Crippen molar-refractivity contribution in [2.24, 2.45) is 4.99 Å². The lowest BCUT2D eigenvalue weighted by Gasteiger charge is -2.17. The predicted molar refractivity (Wildman–Crippen MR) is 110 cm³/mol. The number of carbonyl (C=O) groups excluding carboxylic acids is 2. The molecule has 3 aromatic heterocycles. The molecule has 5 rings (SSSR count). The van der Waals surface area contributed by atoms with E-state index in [9.17, 15) is 9.59 Å². The molecular weight excluding hydrogens is 398 g/mol. The minimum Gasteiger partial charge on any atom is -0.360 e. The van der Waals surface area contributed by atoms with Crippen LogP contribution in [0.5, 0.6) is 0 Å². The molecule has 0 unspecified atom stereocenters. The lowest BCUT2D eigenvalue weighted by atomic mass is 9.95. The molecule has 3 aromatic rings. The SMILES string of the molecule is Cc1ncc2c(n1)CC(c1cc([C@@H](C)CC(=O)c3ncnc4c3CCC(=O)N4)on1)=N2. The van der Waals surface area contributed by atoms with Crippen LogP contribution in [0.3, 0.4) is 0 Å². The highest BCUT2D eigenvalue weighted by molar-refractivity contribution is 6.04. The van der Waals surface area contributed by atoms with Gasteiger partial charge in [0.2, 0.25) is 5.91 Å². The fourth-order valence-corrected chi connectivity index (χ4v) is 3.79. The van der Waals surface area contributed by atoms with E-state index < -0.39 is 0 Å². The Hall–Kier alpha value is -3.82. The summed E-state index contributed by atoms with van der Waals surface area (Å²) in [6, 6.07) is 1.82. The first kappa shape index (κ1) is 19.2. The largest absolute Gasteiger partial charge is 0.360 e. The minimum absolute atomic E-state index is 0.106. The van der Waals surface area contributed by atoms with Gasteiger partial charge in [-0.2, -0.15) is 0 Å². The highest BCUT2D eigenvalue weighted by Crippen LogP contribution is 2.29. The zero-order valence-electron chi connectivity index (χ0n) is 17.0. The van der Waals surface area contributed by atoms with Crippen LogP contribution in [0, 0.1) is 6.92 Å². The normalized spacial score (nSPS) is 15.7. The molecule has 0 bridgehead atoms. The van der Waals surface area contributed by atoms with Crippen molar-refractivity contribution in [1.29, 1.82) is 0 Å². The fraction of sp³-hybridized carbons (Fsp3) is 0.333. The first-order valence-electron chi connectivity index (χ1n) is 10.0. The Morgan fingerprint density at radius 1 is 1.26 bits per heavy atom. The van der Waals surface area contributed by atoms with Crippen LogP contribution in [0.15, 0.2) is 28.1 Å². The summed E-state index contributed by atoms with van der Waals surface area (Å²) >= 11 is 0. The van der Waals surface area contributed by atoms with Gasteiger partial charge in [0.1, 0.15) is 40.8 Å². The van der Waals surface area contributed by atoms with E-state index in [0.717, 1.165) is 17.1 Å². The number of rotatable bonds is 5. The zero-order valence-corrected chi connectivity index (χ0v) is 17.0. The monoisotopic (exact) mass is 417 g/mol. The molecule has 2 aliphatic heterocycles. The molecule has 0 saturated carbocycles. The molecule has 1 N–H and O–H groups in total. The molecule has 5 heterocycles. The van der Waals surface area contributed by atoms with Gasteiger partial charge in [-0.3, -0.25) is 9.59 Å². The van der Waals surface area contributed by atoms with Crippen LogP contribution in [0.1, 0.15) is 64.7 Å². The number of aryl methyl sites for hydroxylation is 1. The van der Waals surface area contributed by atoms with Crippen LogP contribution < -0.4 is 5.32 Å². The number of fused-ring (bicyclic) bond motifs is 2. The second-order valence-corrected chi connectivity index (χ2v) is 7.72. The number of Topliss-reactive ketones (excluding diaryl/α,β-unsaturated/α-hetero) is 1. The number of hydrogen-bond donors (Lipinski definition) is 1. The molecule has 1 amide bonds. The predicted octanol–water partition coefficient (Wildman–Crippen LogP) is 2.50. The number of nitrogens with one attached hydrogen (secondary N) is 1. The third-order valence-corrected chi connectivity index (χ3v) is 5.43. The second kappa shape index (κ2) is 7.46. The van der Waals surface area contributed by atoms with Gasteiger partial charge in [-0.15, -0.1) is 0 Å². The van der Waals surface area contributed by atoms with E-state index in [1.807, 2.05) is 19.9 Å². The van der Waals surface area contributed by atoms with Gasteiger partial charge in [0.05, 0.1) is 17.6 Å². The highest BCUT2D eigenvalue weighted by atomic mass is 16.5. The maximum absolute atomic E-state index is 12.9. The van der Waals surface area contributed by atoms with Crippen molar-refractivity contribution in [3.8, 4) is 0 Å². The van der Waals surface area contributed by atoms with E-state index >= 15 is 0 Å². The highest BCUT2D eigenvalue weighted by Gasteiger charge is 2.27. The first-order chi connectivity index (χ1) is 15.0. The van der Waals surface area contributed by atoms with E-state index in [2.05, 4.69) is 35.4 Å². The summed E-state index contributed by atoms with van der Waals surface area (Å²) in [5, 5.41) is 6.84. The topological polar surface area (TPSA) is 136 Å². The van der Waals surface area contributed by atoms with Gasteiger partial charge >= 0.3 is 0 Å². The van der Waals surface area contributed by atoms with Gasteiger partial charge in [-0.1, -0.05) is 12.1 Å². The van der Waals surface area contributed by atoms with Crippen LogP contribution in [0.2, 0.25) is 0 Å². The van der Waals surface area contributed by atoms with Crippen molar-refractivity contribution in [3.63, 3.8) is 0 Å². The maximum Gasteiger partial charge on any atom is 0.225 e. The zero-order chi connectivity index (χ0) is 21.5. The Balaban J connectivity index is 1.31. The van der Waals surface area contributed by atoms with E-state index in [-0.39, 0.29) is 24.0 Å². The quantitative estimate of drug-likeness (QED) is 0.625. The number of hydrogen-bond acceptors (Lipinski definition) is 9. The van der Waals surface area contributed by atoms with Crippen LogP contribution >= 0.6 is 0 Å². The number of anilines is 1. The number of aliphatic imine (C=N–C) groups is 1. The standard InChI is InChI=1S/C21H19N7O3/c1-10(5-17(29)20-12-3-4-19(30)27-21(12)24-9-23-20)18-7-15(28-31-18)13-6-14-16(26-13)8-22-11(2)25-14/h7-10H,3-6H2,1-2H3,(H,23,24,27,30)/t10-/m0/s1. The molecule has 0 aromatic carbocycles. The fourth-order valence-electron chi connectivity index (χ4n) is 3.79. The molecule has 0 fully saturated rings. The summed E-state index contributed by atoms with van der Waals surface area (Å²) in [4.78, 5) is 45.9. The van der Waals surface area contributed by atoms with E-state index in [1.165, 1.54) is 6.33 Å². The van der Waals surface area contributed by atoms with Crippen molar-refractivity contribution in [1.82, 2.24) is 25.1 Å². The molecule has 156 valence electrons. The summed E-state index contributed by atoms with van der Waals surface area (Å²) < 4.78 is 5.52. The van der Waals surface area contributed by atoms with Crippen LogP contribution in [-0.4, -0.2) is 42.5 Å². The smallest absolute Gasteiger partial charge is 0.225 e. The van der Waals surface area contributed by atoms with Crippen LogP contribution in [-0.2, 0) is 17.6 Å². The van der Waals surface area contributed by atoms with Crippen molar-refractivity contribution in [2.75, 3.05) is 5.32 Å². The average molecular weight is 417 g/mol. The number of carbonyl (C=O) groups is 2. The molecule has 0 radical (unpaired) electrons. The molecule has 2 aliphatic rings. The lowest BCUT2D eigenvalue weighted by Crippen LogP contribution is -2.23. The van der Waals surface area contributed by atoms with Gasteiger partial charge in [0.25, 0.3) is 0 Å². The van der Waals surface area contributed by atoms with Crippen LogP contribution in [0.25, 0.3) is 0 Å². The molecule has 10 heteroatoms. The summed E-state index contributed by atoms with van der Waals surface area (Å²) in [5.74, 6) is 1.28. The molecule has 0 aliphatic carbocycles. The number of aromatic nitrogens is 5. The van der Waals surface area contributed by atoms with Crippen molar-refractivity contribution >= 4 is 28.9 Å². The second-order valence-electron chi connectivity index (χ2n) is 7.72. The molecule has 10 nitrogen and oxygen atoms in total. The van der Waals surface area contributed by atoms with Crippen LogP contribution in [0.4, 0.5) is 11.5 Å². The molecule has 0 saturated heterocycles. The number of amides is 1. The molecule has 0 spiro atoms. The van der Waals surface area contributed by atoms with Gasteiger partial charge in [-0.25, -0.2) is 24.9 Å². The molecule has 1 atom stereocenters. The third kappa shape index (κ3) is 3.60. The summed E-state index contributed by atoms with van der Waals surface area (Å²) in [6.07, 6.45) is 4.54. The Labute approximate surface area is 177 Å². The van der Waals surface area contributed by atoms with Crippen molar-refractivity contribution < 1.29 is 14.1 Å². The summed E-state index contributed by atoms with van der Waals surface area (Å²) in [5.41, 5.74) is 4.05. The third-order valence-electron chi connectivity index (χ3n) is 5.43. The lowest BCUT2D eigenvalue weighted by molar-refractivity contribution is -0.116.